The van der Waals surface area contributed by atoms with Crippen LogP contribution in [0.4, 0.5) is 4.39 Å². The number of fused-ring (bicyclic) bond motifs is 1. The molecule has 0 saturated carbocycles. The van der Waals surface area contributed by atoms with Crippen LogP contribution >= 0.6 is 11.6 Å². The highest BCUT2D eigenvalue weighted by molar-refractivity contribution is 6.33. The Morgan fingerprint density at radius 3 is 3.00 bits per heavy atom. The van der Waals surface area contributed by atoms with Crippen molar-refractivity contribution in [1.29, 1.82) is 0 Å². The van der Waals surface area contributed by atoms with Crippen LogP contribution in [0.15, 0.2) is 12.3 Å². The molecule has 90 valence electrons. The summed E-state index contributed by atoms with van der Waals surface area (Å²) in [6.45, 7) is 1.75. The van der Waals surface area contributed by atoms with Crippen LogP contribution in [-0.2, 0) is 11.2 Å². The van der Waals surface area contributed by atoms with Crippen molar-refractivity contribution in [3.05, 3.63) is 34.5 Å². The van der Waals surface area contributed by atoms with Gasteiger partial charge in [-0.3, -0.25) is 9.20 Å². The van der Waals surface area contributed by atoms with Crippen LogP contribution < -0.4 is 0 Å². The minimum atomic E-state index is -0.901. The van der Waals surface area contributed by atoms with Crippen LogP contribution in [0.1, 0.15) is 17.8 Å². The summed E-state index contributed by atoms with van der Waals surface area (Å²) in [5, 5.41) is 8.87. The van der Waals surface area contributed by atoms with Crippen molar-refractivity contribution in [2.24, 2.45) is 0 Å². The lowest BCUT2D eigenvalue weighted by molar-refractivity contribution is -0.136. The Labute approximate surface area is 102 Å². The summed E-state index contributed by atoms with van der Waals surface area (Å²) >= 11 is 5.87. The Balaban J connectivity index is 2.54. The van der Waals surface area contributed by atoms with Crippen molar-refractivity contribution in [3.8, 4) is 0 Å². The molecule has 0 radical (unpaired) electrons. The third kappa shape index (κ3) is 2.24. The number of carboxylic acid groups (broad SMARTS) is 1. The van der Waals surface area contributed by atoms with Crippen molar-refractivity contribution in [2.75, 3.05) is 0 Å². The van der Waals surface area contributed by atoms with E-state index in [0.717, 1.165) is 0 Å². The maximum Gasteiger partial charge on any atom is 0.303 e. The van der Waals surface area contributed by atoms with Gasteiger partial charge >= 0.3 is 5.97 Å². The van der Waals surface area contributed by atoms with Crippen molar-refractivity contribution in [1.82, 2.24) is 9.38 Å². The summed E-state index contributed by atoms with van der Waals surface area (Å²) in [4.78, 5) is 14.7. The van der Waals surface area contributed by atoms with Gasteiger partial charge in [0.05, 0.1) is 17.1 Å². The lowest BCUT2D eigenvalue weighted by Crippen LogP contribution is -2.02. The van der Waals surface area contributed by atoms with Gasteiger partial charge in [-0.15, -0.1) is 0 Å². The van der Waals surface area contributed by atoms with Gasteiger partial charge in [-0.25, -0.2) is 9.37 Å². The number of imidazole rings is 1. The summed E-state index contributed by atoms with van der Waals surface area (Å²) in [7, 11) is 0. The molecule has 2 aromatic rings. The van der Waals surface area contributed by atoms with Crippen LogP contribution in [-0.4, -0.2) is 20.5 Å². The fraction of sp³-hybridized carbons (Fsp3) is 0.273. The van der Waals surface area contributed by atoms with E-state index in [4.69, 9.17) is 16.7 Å². The smallest absolute Gasteiger partial charge is 0.303 e. The van der Waals surface area contributed by atoms with Gasteiger partial charge in [-0.2, -0.15) is 0 Å². The molecule has 0 bridgehead atoms. The van der Waals surface area contributed by atoms with E-state index in [0.29, 0.717) is 23.5 Å². The van der Waals surface area contributed by atoms with Crippen molar-refractivity contribution in [2.45, 2.75) is 19.8 Å². The molecule has 0 unspecified atom stereocenters. The predicted molar refractivity (Wildman–Crippen MR) is 60.9 cm³/mol. The topological polar surface area (TPSA) is 54.6 Å². The summed E-state index contributed by atoms with van der Waals surface area (Å²) in [6.07, 6.45) is 1.53. The Hall–Kier alpha value is -1.62. The van der Waals surface area contributed by atoms with Crippen molar-refractivity contribution < 1.29 is 14.3 Å². The highest BCUT2D eigenvalue weighted by Gasteiger charge is 2.13. The fourth-order valence-corrected chi connectivity index (χ4v) is 2.00. The Bertz CT molecular complexity index is 595. The predicted octanol–water partition coefficient (Wildman–Crippen LogP) is 2.45. The number of pyridine rings is 1. The van der Waals surface area contributed by atoms with Crippen LogP contribution in [0, 0.1) is 12.7 Å². The highest BCUT2D eigenvalue weighted by Crippen LogP contribution is 2.22. The van der Waals surface area contributed by atoms with Gasteiger partial charge in [0, 0.05) is 18.3 Å². The van der Waals surface area contributed by atoms with E-state index in [1.165, 1.54) is 16.7 Å². The number of aromatic nitrogens is 2. The van der Waals surface area contributed by atoms with Crippen LogP contribution in [0.2, 0.25) is 5.02 Å². The molecule has 2 rings (SSSR count). The molecule has 0 aliphatic rings. The average Bonchev–Trinajstić information content (AvgIpc) is 2.52. The molecule has 4 nitrogen and oxygen atoms in total. The molecular weight excluding hydrogens is 247 g/mol. The normalized spacial score (nSPS) is 11.0. The second kappa shape index (κ2) is 4.33. The van der Waals surface area contributed by atoms with Crippen LogP contribution in [0.25, 0.3) is 5.65 Å². The number of rotatable bonds is 3. The van der Waals surface area contributed by atoms with Crippen molar-refractivity contribution >= 4 is 23.2 Å². The van der Waals surface area contributed by atoms with E-state index >= 15 is 0 Å². The molecule has 17 heavy (non-hydrogen) atoms. The molecule has 0 aliphatic heterocycles. The number of halogens is 2. The Kier molecular flexibility index (Phi) is 3.02. The zero-order valence-electron chi connectivity index (χ0n) is 9.07. The first-order chi connectivity index (χ1) is 7.99. The third-order valence-electron chi connectivity index (χ3n) is 2.52. The van der Waals surface area contributed by atoms with Gasteiger partial charge in [0.2, 0.25) is 0 Å². The summed E-state index contributed by atoms with van der Waals surface area (Å²) < 4.78 is 14.7. The van der Waals surface area contributed by atoms with E-state index < -0.39 is 11.8 Å². The molecule has 1 N–H and O–H groups in total. The first-order valence-corrected chi connectivity index (χ1v) is 5.41. The van der Waals surface area contributed by atoms with Gasteiger partial charge in [0.15, 0.2) is 5.65 Å². The standard InChI is InChI=1S/C11H10ClFN2O2/c1-6-9(2-3-10(16)17)15-5-7(13)4-8(12)11(15)14-6/h4-5H,2-3H2,1H3,(H,16,17). The average molecular weight is 257 g/mol. The zero-order chi connectivity index (χ0) is 12.6. The molecule has 0 spiro atoms. The molecule has 2 aromatic heterocycles. The number of aryl methyl sites for hydroxylation is 2. The maximum atomic E-state index is 13.2. The minimum absolute atomic E-state index is 0.0250. The first-order valence-electron chi connectivity index (χ1n) is 5.03. The molecule has 0 saturated heterocycles. The second-order valence-corrected chi connectivity index (χ2v) is 4.14. The van der Waals surface area contributed by atoms with Crippen LogP contribution in [0.3, 0.4) is 0 Å². The zero-order valence-corrected chi connectivity index (χ0v) is 9.83. The highest BCUT2D eigenvalue weighted by atomic mass is 35.5. The number of hydrogen-bond donors (Lipinski definition) is 1. The third-order valence-corrected chi connectivity index (χ3v) is 2.79. The molecule has 0 amide bonds. The Morgan fingerprint density at radius 1 is 1.65 bits per heavy atom. The number of carboxylic acids is 1. The van der Waals surface area contributed by atoms with Gasteiger partial charge in [0.25, 0.3) is 0 Å². The van der Waals surface area contributed by atoms with Gasteiger partial charge in [0.1, 0.15) is 5.82 Å². The molecule has 6 heteroatoms. The second-order valence-electron chi connectivity index (χ2n) is 3.74. The van der Waals surface area contributed by atoms with E-state index in [2.05, 4.69) is 4.98 Å². The summed E-state index contributed by atoms with van der Waals surface area (Å²) in [6, 6.07) is 1.18. The van der Waals surface area contributed by atoms with Crippen molar-refractivity contribution in [3.63, 3.8) is 0 Å². The summed E-state index contributed by atoms with van der Waals surface area (Å²) in [5.41, 5.74) is 1.79. The molecule has 0 aliphatic carbocycles. The van der Waals surface area contributed by atoms with E-state index in [9.17, 15) is 9.18 Å². The quantitative estimate of drug-likeness (QED) is 0.918. The number of carbonyl (C=O) groups is 1. The monoisotopic (exact) mass is 256 g/mol. The van der Waals surface area contributed by atoms with E-state index in [1.807, 2.05) is 0 Å². The maximum absolute atomic E-state index is 13.2. The fourth-order valence-electron chi connectivity index (χ4n) is 1.76. The van der Waals surface area contributed by atoms with Gasteiger partial charge in [-0.1, -0.05) is 11.6 Å². The van der Waals surface area contributed by atoms with E-state index in [1.54, 1.807) is 6.92 Å². The van der Waals surface area contributed by atoms with Gasteiger partial charge < -0.3 is 5.11 Å². The minimum Gasteiger partial charge on any atom is -0.481 e. The molecular formula is C11H10ClFN2O2. The molecule has 0 aromatic carbocycles. The lowest BCUT2D eigenvalue weighted by Gasteiger charge is -2.02. The molecule has 0 atom stereocenters. The largest absolute Gasteiger partial charge is 0.481 e. The Morgan fingerprint density at radius 2 is 2.35 bits per heavy atom. The lowest BCUT2D eigenvalue weighted by atomic mass is 10.2. The SMILES string of the molecule is Cc1nc2c(Cl)cc(F)cn2c1CCC(=O)O. The molecule has 0 fully saturated rings. The summed E-state index contributed by atoms with van der Waals surface area (Å²) in [5.74, 6) is -1.38. The first kappa shape index (κ1) is 11.9. The molecule has 2 heterocycles. The van der Waals surface area contributed by atoms with Crippen LogP contribution in [0.5, 0.6) is 0 Å². The number of hydrogen-bond acceptors (Lipinski definition) is 2. The van der Waals surface area contributed by atoms with E-state index in [-0.39, 0.29) is 11.4 Å². The number of nitrogens with zero attached hydrogens (tertiary/aromatic N) is 2. The number of aliphatic carboxylic acids is 1. The van der Waals surface area contributed by atoms with Gasteiger partial charge in [-0.05, 0) is 13.0 Å².